The molecule has 1 atom stereocenters. The van der Waals surface area contributed by atoms with Gasteiger partial charge in [0.1, 0.15) is 6.10 Å². The van der Waals surface area contributed by atoms with Gasteiger partial charge in [0.25, 0.3) is 0 Å². The van der Waals surface area contributed by atoms with Gasteiger partial charge in [0.05, 0.1) is 26.4 Å². The van der Waals surface area contributed by atoms with Crippen molar-refractivity contribution < 1.29 is 14.2 Å². The topological polar surface area (TPSA) is 31.0 Å². The minimum Gasteiger partial charge on any atom is -0.379 e. The summed E-state index contributed by atoms with van der Waals surface area (Å²) >= 11 is 0. The van der Waals surface area contributed by atoms with Crippen molar-refractivity contribution in [2.75, 3.05) is 33.0 Å². The number of hydrogen-bond acceptors (Lipinski definition) is 3. The van der Waals surface area contributed by atoms with Crippen LogP contribution in [0.3, 0.4) is 0 Å². The number of epoxide rings is 1. The lowest BCUT2D eigenvalue weighted by Crippen LogP contribution is -2.08. The maximum Gasteiger partial charge on any atom is 0.104 e. The van der Waals surface area contributed by atoms with Crippen LogP contribution in [0.4, 0.5) is 0 Å². The molecule has 0 aliphatic carbocycles. The fourth-order valence-corrected chi connectivity index (χ4v) is 3.05. The highest BCUT2D eigenvalue weighted by molar-refractivity contribution is 4.81. The van der Waals surface area contributed by atoms with Crippen LogP contribution in [0.25, 0.3) is 0 Å². The molecule has 0 bridgehead atoms. The van der Waals surface area contributed by atoms with E-state index in [9.17, 15) is 0 Å². The van der Waals surface area contributed by atoms with E-state index < -0.39 is 0 Å². The summed E-state index contributed by atoms with van der Waals surface area (Å²) in [5.74, 6) is 0. The van der Waals surface area contributed by atoms with Crippen molar-refractivity contribution >= 4 is 0 Å². The SMILES string of the molecule is CCCCCCCC/C=C/CCCCCCCCOCCOCC1CO1. The predicted molar refractivity (Wildman–Crippen MR) is 111 cm³/mol. The Kier molecular flexibility index (Phi) is 17.6. The van der Waals surface area contributed by atoms with Gasteiger partial charge in [0.15, 0.2) is 0 Å². The van der Waals surface area contributed by atoms with Gasteiger partial charge in [0.2, 0.25) is 0 Å². The first-order valence-electron chi connectivity index (χ1n) is 11.4. The van der Waals surface area contributed by atoms with Crippen molar-refractivity contribution in [3.8, 4) is 0 Å². The van der Waals surface area contributed by atoms with Crippen LogP contribution < -0.4 is 0 Å². The van der Waals surface area contributed by atoms with Crippen LogP contribution in [-0.2, 0) is 14.2 Å². The van der Waals surface area contributed by atoms with Gasteiger partial charge >= 0.3 is 0 Å². The molecule has 0 aromatic carbocycles. The molecule has 1 saturated heterocycles. The van der Waals surface area contributed by atoms with Crippen molar-refractivity contribution in [2.45, 2.75) is 103 Å². The van der Waals surface area contributed by atoms with Crippen LogP contribution >= 0.6 is 0 Å². The van der Waals surface area contributed by atoms with Gasteiger partial charge in [-0.1, -0.05) is 76.9 Å². The highest BCUT2D eigenvalue weighted by Gasteiger charge is 2.21. The van der Waals surface area contributed by atoms with Gasteiger partial charge in [-0.3, -0.25) is 0 Å². The summed E-state index contributed by atoms with van der Waals surface area (Å²) in [6.07, 6.45) is 24.1. The number of unbranched alkanes of at least 4 members (excludes halogenated alkanes) is 12. The van der Waals surface area contributed by atoms with Crippen LogP contribution in [0.2, 0.25) is 0 Å². The summed E-state index contributed by atoms with van der Waals surface area (Å²) in [7, 11) is 0. The van der Waals surface area contributed by atoms with Crippen LogP contribution in [0.1, 0.15) is 96.8 Å². The molecular formula is C23H44O3. The standard InChI is InChI=1S/C23H44O3/c1-2-3-4-5-6-7-8-9-10-11-12-13-14-15-16-17-18-24-19-20-25-21-23-22-26-23/h9-10,23H,2-8,11-22H2,1H3/b10-9+. The number of allylic oxidation sites excluding steroid dienone is 2. The van der Waals surface area contributed by atoms with E-state index in [1.54, 1.807) is 0 Å². The second-order valence-corrected chi connectivity index (χ2v) is 7.58. The van der Waals surface area contributed by atoms with Gasteiger partial charge in [-0.25, -0.2) is 0 Å². The van der Waals surface area contributed by atoms with Crippen LogP contribution in [0.5, 0.6) is 0 Å². The molecule has 1 aliphatic heterocycles. The minimum atomic E-state index is 0.366. The fraction of sp³-hybridized carbons (Fsp3) is 0.913. The third-order valence-corrected chi connectivity index (χ3v) is 4.88. The van der Waals surface area contributed by atoms with Gasteiger partial charge in [-0.2, -0.15) is 0 Å². The lowest BCUT2D eigenvalue weighted by molar-refractivity contribution is 0.0405. The second-order valence-electron chi connectivity index (χ2n) is 7.58. The average Bonchev–Trinajstić information content (AvgIpc) is 3.47. The van der Waals surface area contributed by atoms with Crippen molar-refractivity contribution in [2.24, 2.45) is 0 Å². The van der Waals surface area contributed by atoms with E-state index >= 15 is 0 Å². The zero-order valence-corrected chi connectivity index (χ0v) is 17.4. The zero-order chi connectivity index (χ0) is 18.5. The molecule has 1 rings (SSSR count). The van der Waals surface area contributed by atoms with E-state index in [0.29, 0.717) is 12.7 Å². The van der Waals surface area contributed by atoms with Crippen LogP contribution in [0.15, 0.2) is 12.2 Å². The van der Waals surface area contributed by atoms with E-state index in [1.807, 2.05) is 0 Å². The largest absolute Gasteiger partial charge is 0.379 e. The first-order valence-corrected chi connectivity index (χ1v) is 11.4. The highest BCUT2D eigenvalue weighted by Crippen LogP contribution is 2.10. The Morgan fingerprint density at radius 3 is 1.85 bits per heavy atom. The minimum absolute atomic E-state index is 0.366. The molecule has 0 radical (unpaired) electrons. The molecule has 26 heavy (non-hydrogen) atoms. The van der Waals surface area contributed by atoms with Gasteiger partial charge in [-0.15, -0.1) is 0 Å². The van der Waals surface area contributed by atoms with Crippen molar-refractivity contribution in [1.82, 2.24) is 0 Å². The molecule has 1 unspecified atom stereocenters. The fourth-order valence-electron chi connectivity index (χ4n) is 3.05. The monoisotopic (exact) mass is 368 g/mol. The molecule has 0 spiro atoms. The van der Waals surface area contributed by atoms with E-state index in [4.69, 9.17) is 14.2 Å². The van der Waals surface area contributed by atoms with Crippen molar-refractivity contribution in [1.29, 1.82) is 0 Å². The quantitative estimate of drug-likeness (QED) is 0.132. The Balaban J connectivity index is 1.63. The second kappa shape index (κ2) is 19.4. The average molecular weight is 369 g/mol. The number of ether oxygens (including phenoxy) is 3. The van der Waals surface area contributed by atoms with Gasteiger partial charge in [0, 0.05) is 6.61 Å². The molecule has 1 aliphatic rings. The Labute approximate surface area is 162 Å². The molecule has 3 heteroatoms. The molecule has 3 nitrogen and oxygen atoms in total. The smallest absolute Gasteiger partial charge is 0.104 e. The summed E-state index contributed by atoms with van der Waals surface area (Å²) in [6, 6.07) is 0. The van der Waals surface area contributed by atoms with Crippen LogP contribution in [0, 0.1) is 0 Å². The molecule has 1 fully saturated rings. The Hall–Kier alpha value is -0.380. The van der Waals surface area contributed by atoms with Gasteiger partial charge < -0.3 is 14.2 Å². The number of hydrogen-bond donors (Lipinski definition) is 0. The first kappa shape index (κ1) is 23.7. The van der Waals surface area contributed by atoms with Crippen molar-refractivity contribution in [3.05, 3.63) is 12.2 Å². The summed E-state index contributed by atoms with van der Waals surface area (Å²) < 4.78 is 16.1. The summed E-state index contributed by atoms with van der Waals surface area (Å²) in [4.78, 5) is 0. The van der Waals surface area contributed by atoms with Crippen molar-refractivity contribution in [3.63, 3.8) is 0 Å². The predicted octanol–water partition coefficient (Wildman–Crippen LogP) is 6.46. The summed E-state index contributed by atoms with van der Waals surface area (Å²) in [5, 5.41) is 0. The molecular weight excluding hydrogens is 324 g/mol. The Morgan fingerprint density at radius 2 is 1.23 bits per heavy atom. The van der Waals surface area contributed by atoms with E-state index in [-0.39, 0.29) is 0 Å². The summed E-state index contributed by atoms with van der Waals surface area (Å²) in [6.45, 7) is 6.19. The lowest BCUT2D eigenvalue weighted by Gasteiger charge is -2.05. The third-order valence-electron chi connectivity index (χ3n) is 4.88. The molecule has 1 heterocycles. The summed E-state index contributed by atoms with van der Waals surface area (Å²) in [5.41, 5.74) is 0. The molecule has 0 amide bonds. The number of rotatable bonds is 21. The van der Waals surface area contributed by atoms with E-state index in [2.05, 4.69) is 19.1 Å². The normalized spacial score (nSPS) is 16.6. The Morgan fingerprint density at radius 1 is 0.692 bits per heavy atom. The first-order chi connectivity index (χ1) is 12.9. The third kappa shape index (κ3) is 18.4. The molecule has 154 valence electrons. The molecule has 0 saturated carbocycles. The molecule has 0 N–H and O–H groups in total. The molecule has 0 aromatic heterocycles. The van der Waals surface area contributed by atoms with E-state index in [1.165, 1.54) is 89.9 Å². The van der Waals surface area contributed by atoms with Gasteiger partial charge in [-0.05, 0) is 32.1 Å². The Bertz CT molecular complexity index is 300. The molecule has 0 aromatic rings. The lowest BCUT2D eigenvalue weighted by atomic mass is 10.1. The maximum atomic E-state index is 5.58. The highest BCUT2D eigenvalue weighted by atomic mass is 16.6. The van der Waals surface area contributed by atoms with Crippen LogP contribution in [-0.4, -0.2) is 39.1 Å². The maximum absolute atomic E-state index is 5.58. The zero-order valence-electron chi connectivity index (χ0n) is 17.4. The van der Waals surface area contributed by atoms with E-state index in [0.717, 1.165) is 26.4 Å².